The number of fused-ring (bicyclic) bond motifs is 1. The van der Waals surface area contributed by atoms with E-state index in [1.807, 2.05) is 44.2 Å². The number of aliphatic hydroxyl groups excluding tert-OH is 1. The minimum Gasteiger partial charge on any atom is -0.511 e. The van der Waals surface area contributed by atoms with E-state index in [2.05, 4.69) is 4.99 Å². The van der Waals surface area contributed by atoms with E-state index in [1.54, 1.807) is 13.8 Å². The topological polar surface area (TPSA) is 95.8 Å². The van der Waals surface area contributed by atoms with Gasteiger partial charge in [0.05, 0.1) is 25.0 Å². The summed E-state index contributed by atoms with van der Waals surface area (Å²) in [6, 6.07) is 9.39. The lowest BCUT2D eigenvalue weighted by Crippen LogP contribution is -2.43. The SMILES string of the molecule is CCOC(=O)C1=C(O)CC([C@H]2O[C@@H]3OC(C)(C)O[C@@H]3[C@H]2OCc2ccccc2)N=C1C. The molecule has 0 spiro atoms. The first-order valence-electron chi connectivity index (χ1n) is 10.6. The monoisotopic (exact) mass is 431 g/mol. The molecule has 0 radical (unpaired) electrons. The zero-order chi connectivity index (χ0) is 22.2. The van der Waals surface area contributed by atoms with Gasteiger partial charge < -0.3 is 28.8 Å². The van der Waals surface area contributed by atoms with E-state index in [9.17, 15) is 9.90 Å². The van der Waals surface area contributed by atoms with Crippen molar-refractivity contribution < 1.29 is 33.6 Å². The molecule has 5 atom stereocenters. The van der Waals surface area contributed by atoms with E-state index in [4.69, 9.17) is 23.7 Å². The Morgan fingerprint density at radius 3 is 2.65 bits per heavy atom. The van der Waals surface area contributed by atoms with E-state index in [-0.39, 0.29) is 24.4 Å². The van der Waals surface area contributed by atoms with E-state index < -0.39 is 42.4 Å². The molecule has 3 aliphatic rings. The Labute approximate surface area is 181 Å². The van der Waals surface area contributed by atoms with Crippen LogP contribution < -0.4 is 0 Å². The van der Waals surface area contributed by atoms with Crippen molar-refractivity contribution in [1.29, 1.82) is 0 Å². The quantitative estimate of drug-likeness (QED) is 0.692. The summed E-state index contributed by atoms with van der Waals surface area (Å²) in [4.78, 5) is 16.8. The van der Waals surface area contributed by atoms with Gasteiger partial charge in [0.1, 0.15) is 29.6 Å². The van der Waals surface area contributed by atoms with Crippen LogP contribution in [0.3, 0.4) is 0 Å². The van der Waals surface area contributed by atoms with E-state index in [0.29, 0.717) is 12.3 Å². The number of aliphatic imine (C=N–C) groups is 1. The van der Waals surface area contributed by atoms with Crippen molar-refractivity contribution in [1.82, 2.24) is 0 Å². The molecule has 1 N–H and O–H groups in total. The number of dihydropyridines is 1. The Kier molecular flexibility index (Phi) is 6.16. The standard InChI is InChI=1S/C23H29NO7/c1-5-27-21(26)17-13(2)24-15(11-16(17)25)18-19(28-12-14-9-7-6-8-10-14)20-22(29-18)31-23(3,4)30-20/h6-10,15,18-20,22,25H,5,11-12H2,1-4H3/t15?,18-,19+,20-,22-/m1/s1. The molecule has 8 heteroatoms. The van der Waals surface area contributed by atoms with Crippen LogP contribution in [-0.2, 0) is 35.1 Å². The number of rotatable bonds is 6. The van der Waals surface area contributed by atoms with E-state index in [0.717, 1.165) is 5.56 Å². The lowest BCUT2D eigenvalue weighted by atomic mass is 9.94. The predicted octanol–water partition coefficient (Wildman–Crippen LogP) is 3.06. The third-order valence-electron chi connectivity index (χ3n) is 5.58. The molecular weight excluding hydrogens is 402 g/mol. The first-order valence-corrected chi connectivity index (χ1v) is 10.6. The minimum atomic E-state index is -0.778. The lowest BCUT2D eigenvalue weighted by Gasteiger charge is -2.31. The highest BCUT2D eigenvalue weighted by Gasteiger charge is 2.57. The van der Waals surface area contributed by atoms with Gasteiger partial charge in [-0.05, 0) is 33.3 Å². The van der Waals surface area contributed by atoms with Gasteiger partial charge in [0.2, 0.25) is 0 Å². The van der Waals surface area contributed by atoms with Crippen molar-refractivity contribution in [3.8, 4) is 0 Å². The summed E-state index contributed by atoms with van der Waals surface area (Å²) in [6.45, 7) is 7.67. The molecule has 0 aliphatic carbocycles. The molecule has 8 nitrogen and oxygen atoms in total. The average Bonchev–Trinajstić information content (AvgIpc) is 3.18. The van der Waals surface area contributed by atoms with Gasteiger partial charge in [-0.1, -0.05) is 30.3 Å². The van der Waals surface area contributed by atoms with Crippen molar-refractivity contribution in [2.24, 2.45) is 4.99 Å². The average molecular weight is 431 g/mol. The van der Waals surface area contributed by atoms with Crippen molar-refractivity contribution in [2.75, 3.05) is 6.61 Å². The molecular formula is C23H29NO7. The third kappa shape index (κ3) is 4.52. The molecule has 2 fully saturated rings. The first-order chi connectivity index (χ1) is 14.8. The van der Waals surface area contributed by atoms with Crippen LogP contribution in [0.4, 0.5) is 0 Å². The maximum Gasteiger partial charge on any atom is 0.343 e. The number of carbonyl (C=O) groups excluding carboxylic acids is 1. The number of hydrogen-bond acceptors (Lipinski definition) is 8. The highest BCUT2D eigenvalue weighted by atomic mass is 16.8. The molecule has 168 valence electrons. The third-order valence-corrected chi connectivity index (χ3v) is 5.58. The summed E-state index contributed by atoms with van der Waals surface area (Å²) in [5.74, 6) is -1.41. The van der Waals surface area contributed by atoms with Crippen LogP contribution in [0.25, 0.3) is 0 Å². The fraction of sp³-hybridized carbons (Fsp3) is 0.565. The number of carbonyl (C=O) groups is 1. The number of nitrogens with zero attached hydrogens (tertiary/aromatic N) is 1. The summed E-state index contributed by atoms with van der Waals surface area (Å²) in [6.07, 6.45) is -1.82. The summed E-state index contributed by atoms with van der Waals surface area (Å²) in [7, 11) is 0. The van der Waals surface area contributed by atoms with Crippen LogP contribution in [0.1, 0.15) is 39.7 Å². The van der Waals surface area contributed by atoms with Crippen molar-refractivity contribution >= 4 is 11.7 Å². The van der Waals surface area contributed by atoms with E-state index in [1.165, 1.54) is 0 Å². The van der Waals surface area contributed by atoms with Crippen molar-refractivity contribution in [2.45, 2.75) is 77.2 Å². The number of hydrogen-bond donors (Lipinski definition) is 1. The second kappa shape index (κ2) is 8.70. The number of benzene rings is 1. The maximum absolute atomic E-state index is 12.2. The fourth-order valence-corrected chi connectivity index (χ4v) is 4.30. The fourth-order valence-electron chi connectivity index (χ4n) is 4.30. The van der Waals surface area contributed by atoms with Gasteiger partial charge in [-0.25, -0.2) is 4.79 Å². The highest BCUT2D eigenvalue weighted by Crippen LogP contribution is 2.42. The first kappa shape index (κ1) is 22.0. The molecule has 2 saturated heterocycles. The van der Waals surface area contributed by atoms with Crippen LogP contribution >= 0.6 is 0 Å². The molecule has 31 heavy (non-hydrogen) atoms. The molecule has 3 aliphatic heterocycles. The van der Waals surface area contributed by atoms with Gasteiger partial charge in [0.25, 0.3) is 0 Å². The minimum absolute atomic E-state index is 0.0550. The second-order valence-corrected chi connectivity index (χ2v) is 8.36. The van der Waals surface area contributed by atoms with Crippen LogP contribution in [0.5, 0.6) is 0 Å². The largest absolute Gasteiger partial charge is 0.511 e. The Balaban J connectivity index is 1.54. The highest BCUT2D eigenvalue weighted by molar-refractivity contribution is 6.19. The summed E-state index contributed by atoms with van der Waals surface area (Å²) in [5.41, 5.74) is 1.56. The summed E-state index contributed by atoms with van der Waals surface area (Å²) in [5, 5.41) is 10.6. The maximum atomic E-state index is 12.2. The predicted molar refractivity (Wildman–Crippen MR) is 112 cm³/mol. The molecule has 4 rings (SSSR count). The van der Waals surface area contributed by atoms with E-state index >= 15 is 0 Å². The van der Waals surface area contributed by atoms with Crippen molar-refractivity contribution in [3.63, 3.8) is 0 Å². The lowest BCUT2D eigenvalue weighted by molar-refractivity contribution is -0.221. The van der Waals surface area contributed by atoms with Crippen LogP contribution in [-0.4, -0.2) is 59.8 Å². The molecule has 0 saturated carbocycles. The summed E-state index contributed by atoms with van der Waals surface area (Å²) < 4.78 is 29.4. The van der Waals surface area contributed by atoms with Gasteiger partial charge in [-0.2, -0.15) is 0 Å². The van der Waals surface area contributed by atoms with Crippen LogP contribution in [0.15, 0.2) is 46.7 Å². The Bertz CT molecular complexity index is 879. The number of ether oxygens (including phenoxy) is 5. The Hall–Kier alpha value is -2.26. The van der Waals surface area contributed by atoms with Gasteiger partial charge in [0.15, 0.2) is 12.1 Å². The summed E-state index contributed by atoms with van der Waals surface area (Å²) >= 11 is 0. The zero-order valence-electron chi connectivity index (χ0n) is 18.2. The van der Waals surface area contributed by atoms with Crippen LogP contribution in [0.2, 0.25) is 0 Å². The smallest absolute Gasteiger partial charge is 0.343 e. The Morgan fingerprint density at radius 1 is 1.23 bits per heavy atom. The molecule has 1 aromatic rings. The zero-order valence-corrected chi connectivity index (χ0v) is 18.2. The molecule has 1 unspecified atom stereocenters. The second-order valence-electron chi connectivity index (χ2n) is 8.36. The molecule has 0 aromatic heterocycles. The number of aliphatic hydroxyl groups is 1. The normalized spacial score (nSPS) is 32.0. The number of esters is 1. The molecule has 0 amide bonds. The van der Waals surface area contributed by atoms with Crippen LogP contribution in [0, 0.1) is 0 Å². The van der Waals surface area contributed by atoms with Gasteiger partial charge in [-0.15, -0.1) is 0 Å². The molecule has 0 bridgehead atoms. The molecule has 1 aromatic carbocycles. The van der Waals surface area contributed by atoms with Gasteiger partial charge in [0, 0.05) is 6.42 Å². The molecule has 3 heterocycles. The van der Waals surface area contributed by atoms with Gasteiger partial charge >= 0.3 is 5.97 Å². The van der Waals surface area contributed by atoms with Crippen molar-refractivity contribution in [3.05, 3.63) is 47.2 Å². The Morgan fingerprint density at radius 2 is 1.97 bits per heavy atom. The van der Waals surface area contributed by atoms with Gasteiger partial charge in [-0.3, -0.25) is 4.99 Å².